The molecule has 0 bridgehead atoms. The molecule has 8 nitrogen and oxygen atoms in total. The minimum atomic E-state index is -0.262. The van der Waals surface area contributed by atoms with Gasteiger partial charge in [-0.1, -0.05) is 35.6 Å². The van der Waals surface area contributed by atoms with E-state index in [0.29, 0.717) is 31.3 Å². The molecule has 3 heterocycles. The molecule has 4 aromatic rings. The summed E-state index contributed by atoms with van der Waals surface area (Å²) < 4.78 is 19.8. The van der Waals surface area contributed by atoms with Gasteiger partial charge >= 0.3 is 0 Å². The van der Waals surface area contributed by atoms with Crippen molar-refractivity contribution in [1.82, 2.24) is 20.1 Å². The maximum atomic E-state index is 13.1. The minimum absolute atomic E-state index is 0.0757. The molecular formula is C25H25FN6O2S. The molecule has 0 unspecified atom stereocenters. The second kappa shape index (κ2) is 10.2. The summed E-state index contributed by atoms with van der Waals surface area (Å²) in [4.78, 5) is 23.3. The highest BCUT2D eigenvalue weighted by molar-refractivity contribution is 7.22. The van der Waals surface area contributed by atoms with E-state index in [4.69, 9.17) is 9.72 Å². The van der Waals surface area contributed by atoms with Crippen LogP contribution in [0.2, 0.25) is 0 Å². The maximum Gasteiger partial charge on any atom is 0.260 e. The summed E-state index contributed by atoms with van der Waals surface area (Å²) in [5.74, 6) is 0.611. The van der Waals surface area contributed by atoms with Crippen molar-refractivity contribution in [1.29, 1.82) is 0 Å². The number of anilines is 2. The van der Waals surface area contributed by atoms with Crippen LogP contribution >= 0.6 is 11.3 Å². The van der Waals surface area contributed by atoms with Gasteiger partial charge in [0.1, 0.15) is 5.82 Å². The normalized spacial score (nSPS) is 13.8. The highest BCUT2D eigenvalue weighted by Gasteiger charge is 2.23. The van der Waals surface area contributed by atoms with Gasteiger partial charge in [0.25, 0.3) is 5.91 Å². The third kappa shape index (κ3) is 5.48. The molecule has 1 aliphatic rings. The van der Waals surface area contributed by atoms with Crippen molar-refractivity contribution in [3.8, 4) is 5.88 Å². The molecule has 1 fully saturated rings. The van der Waals surface area contributed by atoms with Crippen LogP contribution in [0.25, 0.3) is 10.2 Å². The number of fused-ring (bicyclic) bond motifs is 1. The first kappa shape index (κ1) is 23.0. The van der Waals surface area contributed by atoms with E-state index in [1.165, 1.54) is 16.8 Å². The lowest BCUT2D eigenvalue weighted by Gasteiger charge is -2.34. The number of nitrogens with zero attached hydrogens (tertiary/aromatic N) is 6. The highest BCUT2D eigenvalue weighted by atomic mass is 32.1. The molecule has 180 valence electrons. The number of hydrogen-bond donors (Lipinski definition) is 0. The highest BCUT2D eigenvalue weighted by Crippen LogP contribution is 2.29. The Balaban J connectivity index is 1.09. The summed E-state index contributed by atoms with van der Waals surface area (Å²) in [6.07, 6.45) is 0. The fraction of sp³-hybridized carbons (Fsp3) is 0.280. The molecule has 0 saturated carbocycles. The standard InChI is InChI=1S/C25H25FN6O2S/c1-30(16-18-6-8-19(26)9-7-18)22-10-11-23(29-28-22)34-17-24(33)31-12-14-32(15-13-31)25-27-20-4-2-3-5-21(20)35-25/h2-11H,12-17H2,1H3. The molecule has 0 radical (unpaired) electrons. The van der Waals surface area contributed by atoms with Gasteiger partial charge in [-0.3, -0.25) is 4.79 Å². The number of carbonyl (C=O) groups excluding carboxylic acids is 1. The predicted octanol–water partition coefficient (Wildman–Crippen LogP) is 3.59. The van der Waals surface area contributed by atoms with Gasteiger partial charge in [-0.25, -0.2) is 9.37 Å². The van der Waals surface area contributed by atoms with Crippen LogP contribution in [0.4, 0.5) is 15.3 Å². The smallest absolute Gasteiger partial charge is 0.260 e. The predicted molar refractivity (Wildman–Crippen MR) is 134 cm³/mol. The van der Waals surface area contributed by atoms with E-state index in [9.17, 15) is 9.18 Å². The second-order valence-electron chi connectivity index (χ2n) is 8.33. The van der Waals surface area contributed by atoms with Crippen molar-refractivity contribution < 1.29 is 13.9 Å². The topological polar surface area (TPSA) is 74.7 Å². The summed E-state index contributed by atoms with van der Waals surface area (Å²) in [5.41, 5.74) is 1.97. The number of para-hydroxylation sites is 1. The Morgan fingerprint density at radius 2 is 1.80 bits per heavy atom. The molecule has 35 heavy (non-hydrogen) atoms. The molecule has 2 aromatic heterocycles. The second-order valence-corrected chi connectivity index (χ2v) is 9.34. The van der Waals surface area contributed by atoms with Crippen LogP contribution in [0.1, 0.15) is 5.56 Å². The van der Waals surface area contributed by atoms with Crippen LogP contribution in [-0.4, -0.2) is 65.8 Å². The largest absolute Gasteiger partial charge is 0.466 e. The zero-order valence-corrected chi connectivity index (χ0v) is 20.1. The lowest BCUT2D eigenvalue weighted by atomic mass is 10.2. The Morgan fingerprint density at radius 1 is 1.03 bits per heavy atom. The molecule has 1 amide bonds. The summed E-state index contributed by atoms with van der Waals surface area (Å²) in [6.45, 7) is 3.20. The first-order valence-corrected chi connectivity index (χ1v) is 12.2. The fourth-order valence-corrected chi connectivity index (χ4v) is 4.92. The van der Waals surface area contributed by atoms with E-state index in [1.807, 2.05) is 35.0 Å². The SMILES string of the molecule is CN(Cc1ccc(F)cc1)c1ccc(OCC(=O)N2CCN(c3nc4ccccc4s3)CC2)nn1. The van der Waals surface area contributed by atoms with Crippen molar-refractivity contribution in [3.05, 3.63) is 72.0 Å². The molecule has 5 rings (SSSR count). The number of thiazole rings is 1. The van der Waals surface area contributed by atoms with Crippen molar-refractivity contribution in [2.24, 2.45) is 0 Å². The van der Waals surface area contributed by atoms with Gasteiger partial charge in [0.15, 0.2) is 17.6 Å². The number of halogens is 1. The first-order chi connectivity index (χ1) is 17.0. The van der Waals surface area contributed by atoms with Crippen molar-refractivity contribution in [3.63, 3.8) is 0 Å². The molecule has 1 saturated heterocycles. The number of benzene rings is 2. The first-order valence-electron chi connectivity index (χ1n) is 11.4. The van der Waals surface area contributed by atoms with Crippen LogP contribution in [0.5, 0.6) is 5.88 Å². The zero-order valence-electron chi connectivity index (χ0n) is 19.3. The van der Waals surface area contributed by atoms with Gasteiger partial charge in [0.05, 0.1) is 10.2 Å². The van der Waals surface area contributed by atoms with Crippen LogP contribution < -0.4 is 14.5 Å². The van der Waals surface area contributed by atoms with Gasteiger partial charge < -0.3 is 19.4 Å². The van der Waals surface area contributed by atoms with E-state index in [0.717, 1.165) is 29.3 Å². The van der Waals surface area contributed by atoms with E-state index in [1.54, 1.807) is 35.6 Å². The lowest BCUT2D eigenvalue weighted by Crippen LogP contribution is -2.50. The number of aromatic nitrogens is 3. The van der Waals surface area contributed by atoms with Gasteiger partial charge in [0.2, 0.25) is 5.88 Å². The molecule has 1 aliphatic heterocycles. The Labute approximate surface area is 206 Å². The van der Waals surface area contributed by atoms with E-state index >= 15 is 0 Å². The van der Waals surface area contributed by atoms with E-state index in [-0.39, 0.29) is 18.3 Å². The fourth-order valence-electron chi connectivity index (χ4n) is 3.91. The van der Waals surface area contributed by atoms with Crippen LogP contribution in [-0.2, 0) is 11.3 Å². The van der Waals surface area contributed by atoms with Crippen LogP contribution in [0.3, 0.4) is 0 Å². The summed E-state index contributed by atoms with van der Waals surface area (Å²) >= 11 is 1.68. The zero-order chi connectivity index (χ0) is 24.2. The third-order valence-electron chi connectivity index (χ3n) is 5.88. The van der Waals surface area contributed by atoms with Gasteiger partial charge in [0, 0.05) is 45.8 Å². The maximum absolute atomic E-state index is 13.1. The average molecular weight is 493 g/mol. The minimum Gasteiger partial charge on any atom is -0.466 e. The number of carbonyl (C=O) groups is 1. The van der Waals surface area contributed by atoms with Gasteiger partial charge in [-0.05, 0) is 35.9 Å². The Bertz CT molecular complexity index is 1260. The number of piperazine rings is 1. The Kier molecular flexibility index (Phi) is 6.71. The lowest BCUT2D eigenvalue weighted by molar-refractivity contribution is -0.133. The number of rotatable bonds is 7. The molecule has 2 aromatic carbocycles. The molecule has 0 spiro atoms. The monoisotopic (exact) mass is 492 g/mol. The Hall–Kier alpha value is -3.79. The number of amides is 1. The van der Waals surface area contributed by atoms with E-state index in [2.05, 4.69) is 21.2 Å². The molecule has 0 aliphatic carbocycles. The quantitative estimate of drug-likeness (QED) is 0.390. The van der Waals surface area contributed by atoms with Gasteiger partial charge in [-0.15, -0.1) is 10.2 Å². The molecule has 0 N–H and O–H groups in total. The summed E-state index contributed by atoms with van der Waals surface area (Å²) in [6, 6.07) is 17.9. The average Bonchev–Trinajstić information content (AvgIpc) is 3.33. The van der Waals surface area contributed by atoms with Crippen molar-refractivity contribution in [2.45, 2.75) is 6.54 Å². The van der Waals surface area contributed by atoms with Crippen LogP contribution in [0.15, 0.2) is 60.7 Å². The summed E-state index contributed by atoms with van der Waals surface area (Å²) in [7, 11) is 1.88. The number of hydrogen-bond acceptors (Lipinski definition) is 8. The molecule has 10 heteroatoms. The summed E-state index contributed by atoms with van der Waals surface area (Å²) in [5, 5.41) is 9.26. The van der Waals surface area contributed by atoms with Crippen LogP contribution in [0, 0.1) is 5.82 Å². The van der Waals surface area contributed by atoms with E-state index < -0.39 is 0 Å². The van der Waals surface area contributed by atoms with Gasteiger partial charge in [-0.2, -0.15) is 0 Å². The Morgan fingerprint density at radius 3 is 2.51 bits per heavy atom. The number of ether oxygens (including phenoxy) is 1. The molecular weight excluding hydrogens is 467 g/mol. The van der Waals surface area contributed by atoms with Crippen molar-refractivity contribution >= 4 is 38.4 Å². The molecule has 0 atom stereocenters. The third-order valence-corrected chi connectivity index (χ3v) is 6.98. The van der Waals surface area contributed by atoms with Crippen molar-refractivity contribution in [2.75, 3.05) is 49.6 Å².